The van der Waals surface area contributed by atoms with Crippen LogP contribution in [0.15, 0.2) is 48.5 Å². The molecule has 5 nitrogen and oxygen atoms in total. The Kier molecular flexibility index (Phi) is 5.91. The molecule has 2 aromatic carbocycles. The van der Waals surface area contributed by atoms with Gasteiger partial charge in [-0.2, -0.15) is 0 Å². The Bertz CT molecular complexity index is 620. The van der Waals surface area contributed by atoms with Crippen molar-refractivity contribution < 1.29 is 14.3 Å². The van der Waals surface area contributed by atoms with Gasteiger partial charge in [0.1, 0.15) is 18.1 Å². The molecule has 116 valence electrons. The van der Waals surface area contributed by atoms with Gasteiger partial charge in [-0.15, -0.1) is 0 Å². The molecular weight excluding hydrogens is 304 g/mol. The Morgan fingerprint density at radius 3 is 2.68 bits per heavy atom. The van der Waals surface area contributed by atoms with Gasteiger partial charge in [0.25, 0.3) is 0 Å². The first-order valence-electron chi connectivity index (χ1n) is 6.75. The molecule has 0 spiro atoms. The van der Waals surface area contributed by atoms with Gasteiger partial charge >= 0.3 is 6.03 Å². The van der Waals surface area contributed by atoms with Crippen LogP contribution in [0.25, 0.3) is 0 Å². The lowest BCUT2D eigenvalue weighted by molar-refractivity contribution is 0.247. The number of hydrogen-bond acceptors (Lipinski definition) is 3. The predicted octanol–water partition coefficient (Wildman–Crippen LogP) is 3.55. The van der Waals surface area contributed by atoms with E-state index in [1.54, 1.807) is 18.2 Å². The maximum atomic E-state index is 11.8. The summed E-state index contributed by atoms with van der Waals surface area (Å²) in [6.45, 7) is 0.758. The summed E-state index contributed by atoms with van der Waals surface area (Å²) in [6.07, 6.45) is 0. The molecule has 0 bridgehead atoms. The van der Waals surface area contributed by atoms with Gasteiger partial charge in [-0.3, -0.25) is 0 Å². The average Bonchev–Trinajstić information content (AvgIpc) is 2.53. The lowest BCUT2D eigenvalue weighted by Gasteiger charge is -2.12. The van der Waals surface area contributed by atoms with Gasteiger partial charge in [0.15, 0.2) is 0 Å². The molecule has 2 aromatic rings. The number of hydrogen-bond donors (Lipinski definition) is 2. The summed E-state index contributed by atoms with van der Waals surface area (Å²) in [5.74, 6) is 1.31. The number of urea groups is 1. The minimum Gasteiger partial charge on any atom is -0.495 e. The van der Waals surface area contributed by atoms with E-state index in [0.29, 0.717) is 29.6 Å². The molecule has 0 aliphatic heterocycles. The molecule has 0 heterocycles. The molecule has 0 saturated heterocycles. The Morgan fingerprint density at radius 2 is 1.95 bits per heavy atom. The molecule has 0 unspecified atom stereocenters. The number of rotatable bonds is 6. The summed E-state index contributed by atoms with van der Waals surface area (Å²) >= 11 is 5.90. The number of para-hydroxylation sites is 1. The molecule has 0 aliphatic rings. The van der Waals surface area contributed by atoms with Crippen LogP contribution in [0.3, 0.4) is 0 Å². The lowest BCUT2D eigenvalue weighted by atomic mass is 10.3. The second kappa shape index (κ2) is 8.14. The van der Waals surface area contributed by atoms with Crippen LogP contribution in [0, 0.1) is 0 Å². The van der Waals surface area contributed by atoms with E-state index in [2.05, 4.69) is 10.6 Å². The summed E-state index contributed by atoms with van der Waals surface area (Å²) in [7, 11) is 1.53. The number of nitrogens with one attached hydrogen (secondary N) is 2. The van der Waals surface area contributed by atoms with Gasteiger partial charge in [0, 0.05) is 5.02 Å². The maximum absolute atomic E-state index is 11.8. The standard InChI is InChI=1S/C16H17ClN2O3/c1-21-15-8-7-12(17)11-14(15)19-16(20)18-9-10-22-13-5-3-2-4-6-13/h2-8,11H,9-10H2,1H3,(H2,18,19,20). The van der Waals surface area contributed by atoms with E-state index >= 15 is 0 Å². The third-order valence-electron chi connectivity index (χ3n) is 2.81. The van der Waals surface area contributed by atoms with Crippen LogP contribution < -0.4 is 20.1 Å². The summed E-state index contributed by atoms with van der Waals surface area (Å²) < 4.78 is 10.6. The molecule has 6 heteroatoms. The fraction of sp³-hybridized carbons (Fsp3) is 0.188. The highest BCUT2D eigenvalue weighted by molar-refractivity contribution is 6.31. The summed E-state index contributed by atoms with van der Waals surface area (Å²) in [5.41, 5.74) is 0.511. The molecule has 0 atom stereocenters. The first-order chi connectivity index (χ1) is 10.7. The number of benzene rings is 2. The van der Waals surface area contributed by atoms with Crippen molar-refractivity contribution in [2.45, 2.75) is 0 Å². The highest BCUT2D eigenvalue weighted by atomic mass is 35.5. The molecule has 0 radical (unpaired) electrons. The fourth-order valence-electron chi connectivity index (χ4n) is 1.79. The molecule has 0 saturated carbocycles. The van der Waals surface area contributed by atoms with E-state index in [4.69, 9.17) is 21.1 Å². The van der Waals surface area contributed by atoms with Crippen molar-refractivity contribution in [2.75, 3.05) is 25.6 Å². The largest absolute Gasteiger partial charge is 0.495 e. The molecule has 0 fully saturated rings. The van der Waals surface area contributed by atoms with Gasteiger partial charge in [0.05, 0.1) is 19.3 Å². The first kappa shape index (κ1) is 16.0. The zero-order chi connectivity index (χ0) is 15.8. The van der Waals surface area contributed by atoms with Crippen LogP contribution in [-0.4, -0.2) is 26.3 Å². The molecule has 0 aromatic heterocycles. The van der Waals surface area contributed by atoms with Crippen molar-refractivity contribution in [3.8, 4) is 11.5 Å². The van der Waals surface area contributed by atoms with Crippen molar-refractivity contribution in [3.05, 3.63) is 53.6 Å². The molecular formula is C16H17ClN2O3. The van der Waals surface area contributed by atoms with Crippen LogP contribution >= 0.6 is 11.6 Å². The van der Waals surface area contributed by atoms with Gasteiger partial charge in [-0.25, -0.2) is 4.79 Å². The van der Waals surface area contributed by atoms with Crippen molar-refractivity contribution in [3.63, 3.8) is 0 Å². The Labute approximate surface area is 134 Å². The van der Waals surface area contributed by atoms with Crippen LogP contribution in [0.2, 0.25) is 5.02 Å². The van der Waals surface area contributed by atoms with Crippen molar-refractivity contribution >= 4 is 23.3 Å². The normalized spacial score (nSPS) is 9.91. The number of carbonyl (C=O) groups is 1. The van der Waals surface area contributed by atoms with Gasteiger partial charge in [-0.05, 0) is 30.3 Å². The third-order valence-corrected chi connectivity index (χ3v) is 3.04. The second-order valence-corrected chi connectivity index (χ2v) is 4.82. The van der Waals surface area contributed by atoms with Crippen molar-refractivity contribution in [2.24, 2.45) is 0 Å². The second-order valence-electron chi connectivity index (χ2n) is 4.39. The summed E-state index contributed by atoms with van der Waals surface area (Å²) in [5, 5.41) is 5.90. The molecule has 2 rings (SSSR count). The fourth-order valence-corrected chi connectivity index (χ4v) is 1.97. The first-order valence-corrected chi connectivity index (χ1v) is 7.13. The number of halogens is 1. The highest BCUT2D eigenvalue weighted by Gasteiger charge is 2.07. The van der Waals surface area contributed by atoms with Crippen molar-refractivity contribution in [1.82, 2.24) is 5.32 Å². The van der Waals surface area contributed by atoms with E-state index in [1.165, 1.54) is 7.11 Å². The van der Waals surface area contributed by atoms with Crippen LogP contribution in [-0.2, 0) is 0 Å². The zero-order valence-corrected chi connectivity index (χ0v) is 12.9. The summed E-state index contributed by atoms with van der Waals surface area (Å²) in [6, 6.07) is 14.1. The number of anilines is 1. The van der Waals surface area contributed by atoms with Crippen LogP contribution in [0.4, 0.5) is 10.5 Å². The molecule has 22 heavy (non-hydrogen) atoms. The minimum absolute atomic E-state index is 0.350. The smallest absolute Gasteiger partial charge is 0.319 e. The minimum atomic E-state index is -0.350. The number of ether oxygens (including phenoxy) is 2. The number of methoxy groups -OCH3 is 1. The topological polar surface area (TPSA) is 59.6 Å². The van der Waals surface area contributed by atoms with Gasteiger partial charge in [-0.1, -0.05) is 29.8 Å². The van der Waals surface area contributed by atoms with Gasteiger partial charge < -0.3 is 20.1 Å². The summed E-state index contributed by atoms with van der Waals surface area (Å²) in [4.78, 5) is 11.8. The monoisotopic (exact) mass is 320 g/mol. The van der Waals surface area contributed by atoms with E-state index in [-0.39, 0.29) is 6.03 Å². The Hall–Kier alpha value is -2.40. The van der Waals surface area contributed by atoms with Crippen LogP contribution in [0.1, 0.15) is 0 Å². The van der Waals surface area contributed by atoms with E-state index in [0.717, 1.165) is 5.75 Å². The zero-order valence-electron chi connectivity index (χ0n) is 12.1. The number of carbonyl (C=O) groups excluding carboxylic acids is 1. The average molecular weight is 321 g/mol. The van der Waals surface area contributed by atoms with E-state index < -0.39 is 0 Å². The maximum Gasteiger partial charge on any atom is 0.319 e. The molecule has 2 N–H and O–H groups in total. The SMILES string of the molecule is COc1ccc(Cl)cc1NC(=O)NCCOc1ccccc1. The predicted molar refractivity (Wildman–Crippen MR) is 87.0 cm³/mol. The third kappa shape index (κ3) is 4.86. The van der Waals surface area contributed by atoms with E-state index in [1.807, 2.05) is 30.3 Å². The Morgan fingerprint density at radius 1 is 1.18 bits per heavy atom. The number of amides is 2. The highest BCUT2D eigenvalue weighted by Crippen LogP contribution is 2.27. The molecule has 0 aliphatic carbocycles. The quantitative estimate of drug-likeness (QED) is 0.800. The van der Waals surface area contributed by atoms with E-state index in [9.17, 15) is 4.79 Å². The Balaban J connectivity index is 1.77. The van der Waals surface area contributed by atoms with Gasteiger partial charge in [0.2, 0.25) is 0 Å². The van der Waals surface area contributed by atoms with Crippen LogP contribution in [0.5, 0.6) is 11.5 Å². The van der Waals surface area contributed by atoms with Crippen molar-refractivity contribution in [1.29, 1.82) is 0 Å². The molecule has 2 amide bonds. The lowest BCUT2D eigenvalue weighted by Crippen LogP contribution is -2.32.